The second-order valence-electron chi connectivity index (χ2n) is 5.47. The van der Waals surface area contributed by atoms with Crippen molar-refractivity contribution in [2.75, 3.05) is 5.32 Å². The highest BCUT2D eigenvalue weighted by Crippen LogP contribution is 2.22. The number of rotatable bonds is 6. The molecule has 27 heavy (non-hydrogen) atoms. The average Bonchev–Trinajstić information content (AvgIpc) is 2.63. The summed E-state index contributed by atoms with van der Waals surface area (Å²) in [6, 6.07) is 11.5. The van der Waals surface area contributed by atoms with Crippen molar-refractivity contribution in [1.29, 1.82) is 0 Å². The van der Waals surface area contributed by atoms with Crippen LogP contribution < -0.4 is 15.5 Å². The fourth-order valence-corrected chi connectivity index (χ4v) is 2.42. The number of hydrazone groups is 1. The van der Waals surface area contributed by atoms with Crippen LogP contribution in [0.5, 0.6) is 5.75 Å². The number of nitrogens with one attached hydrogen (secondary N) is 2. The Labute approximate surface area is 164 Å². The maximum atomic E-state index is 12.1. The molecule has 8 heteroatoms. The van der Waals surface area contributed by atoms with Crippen LogP contribution in [0.25, 0.3) is 0 Å². The van der Waals surface area contributed by atoms with Gasteiger partial charge in [0, 0.05) is 34.6 Å². The average molecular weight is 432 g/mol. The molecule has 0 spiro atoms. The van der Waals surface area contributed by atoms with Gasteiger partial charge in [-0.3, -0.25) is 14.4 Å². The van der Waals surface area contributed by atoms with Crippen LogP contribution in [0.15, 0.2) is 52.0 Å². The summed E-state index contributed by atoms with van der Waals surface area (Å²) in [6.07, 6.45) is 1.64. The van der Waals surface area contributed by atoms with Gasteiger partial charge in [0.05, 0.1) is 6.21 Å². The summed E-state index contributed by atoms with van der Waals surface area (Å²) in [5, 5.41) is 6.54. The van der Waals surface area contributed by atoms with Gasteiger partial charge < -0.3 is 10.1 Å². The molecular weight excluding hydrogens is 414 g/mol. The van der Waals surface area contributed by atoms with E-state index in [9.17, 15) is 14.4 Å². The molecule has 0 bridgehead atoms. The molecule has 0 saturated heterocycles. The van der Waals surface area contributed by atoms with E-state index in [0.717, 1.165) is 4.47 Å². The van der Waals surface area contributed by atoms with Gasteiger partial charge in [-0.2, -0.15) is 5.10 Å². The monoisotopic (exact) mass is 431 g/mol. The summed E-state index contributed by atoms with van der Waals surface area (Å²) in [7, 11) is 0. The largest absolute Gasteiger partial charge is 0.426 e. The molecule has 140 valence electrons. The third-order valence-corrected chi connectivity index (χ3v) is 3.81. The lowest BCUT2D eigenvalue weighted by molar-refractivity contribution is -0.134. The Hall–Kier alpha value is -3.00. The van der Waals surface area contributed by atoms with Crippen molar-refractivity contribution in [2.24, 2.45) is 5.10 Å². The highest BCUT2D eigenvalue weighted by Gasteiger charge is 2.08. The smallest absolute Gasteiger partial charge is 0.310 e. The van der Waals surface area contributed by atoms with Crippen molar-refractivity contribution in [3.63, 3.8) is 0 Å². The summed E-state index contributed by atoms with van der Waals surface area (Å²) >= 11 is 3.34. The number of ether oxygens (including phenoxy) is 1. The van der Waals surface area contributed by atoms with Gasteiger partial charge in [-0.25, -0.2) is 5.43 Å². The Morgan fingerprint density at radius 1 is 1.15 bits per heavy atom. The molecule has 0 aliphatic rings. The van der Waals surface area contributed by atoms with Crippen molar-refractivity contribution in [3.8, 4) is 5.75 Å². The number of anilines is 1. The molecular formula is C19H18BrN3O4. The lowest BCUT2D eigenvalue weighted by atomic mass is 10.2. The fourth-order valence-electron chi connectivity index (χ4n) is 2.04. The van der Waals surface area contributed by atoms with E-state index in [1.54, 1.807) is 49.4 Å². The molecule has 0 aliphatic heterocycles. The molecule has 0 saturated carbocycles. The van der Waals surface area contributed by atoms with E-state index in [0.29, 0.717) is 22.6 Å². The molecule has 0 aromatic heterocycles. The Morgan fingerprint density at radius 2 is 1.85 bits per heavy atom. The molecule has 2 aromatic carbocycles. The summed E-state index contributed by atoms with van der Waals surface area (Å²) in [4.78, 5) is 34.6. The first kappa shape index (κ1) is 20.3. The topological polar surface area (TPSA) is 96.9 Å². The van der Waals surface area contributed by atoms with Crippen LogP contribution in [-0.4, -0.2) is 24.0 Å². The number of halogens is 1. The van der Waals surface area contributed by atoms with Crippen molar-refractivity contribution >= 4 is 45.6 Å². The first-order chi connectivity index (χ1) is 12.9. The molecule has 0 heterocycles. The number of carbonyl (C=O) groups is 3. The van der Waals surface area contributed by atoms with Gasteiger partial charge in [-0.15, -0.1) is 0 Å². The Kier molecular flexibility index (Phi) is 7.25. The zero-order valence-corrected chi connectivity index (χ0v) is 16.4. The Morgan fingerprint density at radius 3 is 2.48 bits per heavy atom. The van der Waals surface area contributed by atoms with E-state index in [-0.39, 0.29) is 18.3 Å². The molecule has 7 nitrogen and oxygen atoms in total. The van der Waals surface area contributed by atoms with Gasteiger partial charge >= 0.3 is 5.97 Å². The van der Waals surface area contributed by atoms with Crippen molar-refractivity contribution < 1.29 is 19.1 Å². The molecule has 0 aliphatic carbocycles. The van der Waals surface area contributed by atoms with E-state index in [2.05, 4.69) is 31.8 Å². The number of esters is 1. The number of benzene rings is 2. The Balaban J connectivity index is 2.06. The predicted octanol–water partition coefficient (Wildman–Crippen LogP) is 3.49. The molecule has 2 rings (SSSR count). The predicted molar refractivity (Wildman–Crippen MR) is 106 cm³/mol. The first-order valence-electron chi connectivity index (χ1n) is 8.10. The maximum Gasteiger partial charge on any atom is 0.310 e. The van der Waals surface area contributed by atoms with Crippen LogP contribution in [0.4, 0.5) is 5.69 Å². The molecule has 2 N–H and O–H groups in total. The summed E-state index contributed by atoms with van der Waals surface area (Å²) < 4.78 is 6.02. The summed E-state index contributed by atoms with van der Waals surface area (Å²) in [5.74, 6) is -0.619. The highest BCUT2D eigenvalue weighted by molar-refractivity contribution is 9.10. The molecule has 0 radical (unpaired) electrons. The van der Waals surface area contributed by atoms with E-state index < -0.39 is 5.91 Å². The molecule has 0 atom stereocenters. The highest BCUT2D eigenvalue weighted by atomic mass is 79.9. The fraction of sp³-hybridized carbons (Fsp3) is 0.158. The van der Waals surface area contributed by atoms with Gasteiger partial charge in [0.25, 0.3) is 5.91 Å². The second kappa shape index (κ2) is 9.63. The van der Waals surface area contributed by atoms with Crippen LogP contribution in [0, 0.1) is 0 Å². The minimum Gasteiger partial charge on any atom is -0.426 e. The van der Waals surface area contributed by atoms with Crippen molar-refractivity contribution in [3.05, 3.63) is 58.1 Å². The normalized spacial score (nSPS) is 10.5. The number of nitrogens with zero attached hydrogens (tertiary/aromatic N) is 1. The van der Waals surface area contributed by atoms with Crippen molar-refractivity contribution in [2.45, 2.75) is 20.3 Å². The van der Waals surface area contributed by atoms with Crippen LogP contribution >= 0.6 is 15.9 Å². The minimum absolute atomic E-state index is 0.189. The van der Waals surface area contributed by atoms with Gasteiger partial charge in [0.2, 0.25) is 5.91 Å². The summed E-state index contributed by atoms with van der Waals surface area (Å²) in [5.41, 5.74) is 3.92. The van der Waals surface area contributed by atoms with Crippen LogP contribution in [-0.2, 0) is 9.59 Å². The standard InChI is InChI=1S/C19H18BrN3O4/c1-3-18(25)27-17-9-6-15(20)10-14(17)11-21-23-19(26)13-4-7-16(8-5-13)22-12(2)24/h4-11H,3H2,1-2H3,(H,22,24)(H,23,26). The number of hydrogen-bond donors (Lipinski definition) is 2. The molecule has 2 aromatic rings. The lowest BCUT2D eigenvalue weighted by Gasteiger charge is -2.07. The van der Waals surface area contributed by atoms with E-state index in [1.165, 1.54) is 13.1 Å². The summed E-state index contributed by atoms with van der Waals surface area (Å²) in [6.45, 7) is 3.11. The second-order valence-corrected chi connectivity index (χ2v) is 6.38. The van der Waals surface area contributed by atoms with E-state index in [4.69, 9.17) is 4.74 Å². The number of carbonyl (C=O) groups excluding carboxylic acids is 3. The third kappa shape index (κ3) is 6.34. The number of amides is 2. The van der Waals surface area contributed by atoms with E-state index >= 15 is 0 Å². The third-order valence-electron chi connectivity index (χ3n) is 3.32. The molecule has 2 amide bonds. The Bertz CT molecular complexity index is 879. The van der Waals surface area contributed by atoms with Gasteiger partial charge in [0.15, 0.2) is 0 Å². The zero-order valence-electron chi connectivity index (χ0n) is 14.8. The lowest BCUT2D eigenvalue weighted by Crippen LogP contribution is -2.17. The van der Waals surface area contributed by atoms with Crippen molar-refractivity contribution in [1.82, 2.24) is 5.43 Å². The first-order valence-corrected chi connectivity index (χ1v) is 8.89. The zero-order chi connectivity index (χ0) is 19.8. The minimum atomic E-state index is -0.414. The van der Waals surface area contributed by atoms with Gasteiger partial charge in [-0.05, 0) is 42.5 Å². The van der Waals surface area contributed by atoms with Gasteiger partial charge in [-0.1, -0.05) is 22.9 Å². The quantitative estimate of drug-likeness (QED) is 0.316. The maximum absolute atomic E-state index is 12.1. The van der Waals surface area contributed by atoms with Crippen LogP contribution in [0.2, 0.25) is 0 Å². The molecule has 0 unspecified atom stereocenters. The van der Waals surface area contributed by atoms with E-state index in [1.807, 2.05) is 0 Å². The van der Waals surface area contributed by atoms with Crippen LogP contribution in [0.1, 0.15) is 36.2 Å². The van der Waals surface area contributed by atoms with Gasteiger partial charge in [0.1, 0.15) is 5.75 Å². The number of hydrogen-bond acceptors (Lipinski definition) is 5. The molecule has 0 fully saturated rings. The SMILES string of the molecule is CCC(=O)Oc1ccc(Br)cc1C=NNC(=O)c1ccc(NC(C)=O)cc1. The van der Waals surface area contributed by atoms with Crippen LogP contribution in [0.3, 0.4) is 0 Å².